The monoisotopic (exact) mass is 153 g/mol. The normalized spacial score (nSPS) is 13.4. The van der Waals surface area contributed by atoms with Crippen LogP contribution in [0.4, 0.5) is 0 Å². The molecule has 3 heteroatoms. The first-order valence-electron chi connectivity index (χ1n) is 3.92. The molecular weight excluding hydrogens is 138 g/mol. The molecule has 3 nitrogen and oxygen atoms in total. The molecule has 0 amide bonds. The number of hydrogen-bond acceptors (Lipinski definition) is 2. The molecule has 0 saturated heterocycles. The third-order valence-electron chi connectivity index (χ3n) is 1.78. The third-order valence-corrected chi connectivity index (χ3v) is 1.78. The number of nitrogens with two attached hydrogens (primary N) is 1. The van der Waals surface area contributed by atoms with Crippen molar-refractivity contribution in [3.8, 4) is 0 Å². The lowest BCUT2D eigenvalue weighted by Crippen LogP contribution is -2.16. The van der Waals surface area contributed by atoms with Gasteiger partial charge in [0.05, 0.1) is 0 Å². The van der Waals surface area contributed by atoms with E-state index in [0.29, 0.717) is 0 Å². The van der Waals surface area contributed by atoms with Crippen molar-refractivity contribution in [3.05, 3.63) is 18.0 Å². The molecule has 0 aromatic carbocycles. The first-order valence-corrected chi connectivity index (χ1v) is 3.92. The second kappa shape index (κ2) is 3.53. The zero-order valence-electron chi connectivity index (χ0n) is 7.12. The lowest BCUT2D eigenvalue weighted by atomic mass is 10.1. The molecule has 1 atom stereocenters. The summed E-state index contributed by atoms with van der Waals surface area (Å²) in [4.78, 5) is 0. The molecule has 1 heterocycles. The summed E-state index contributed by atoms with van der Waals surface area (Å²) in [6, 6.07) is 2.31. The van der Waals surface area contributed by atoms with Crippen molar-refractivity contribution in [1.29, 1.82) is 0 Å². The summed E-state index contributed by atoms with van der Waals surface area (Å²) in [6.45, 7) is 2.02. The fourth-order valence-electron chi connectivity index (χ4n) is 1.02. The van der Waals surface area contributed by atoms with E-state index in [9.17, 15) is 0 Å². The van der Waals surface area contributed by atoms with Gasteiger partial charge in [0.15, 0.2) is 0 Å². The van der Waals surface area contributed by atoms with Crippen molar-refractivity contribution in [2.45, 2.75) is 25.8 Å². The maximum atomic E-state index is 5.63. The Morgan fingerprint density at radius 1 is 1.73 bits per heavy atom. The summed E-state index contributed by atoms with van der Waals surface area (Å²) < 4.78 is 1.89. The van der Waals surface area contributed by atoms with E-state index in [0.717, 1.165) is 12.8 Å². The van der Waals surface area contributed by atoms with E-state index in [1.54, 1.807) is 0 Å². The summed E-state index contributed by atoms with van der Waals surface area (Å²) in [7, 11) is 1.95. The molecule has 1 rings (SSSR count). The second-order valence-electron chi connectivity index (χ2n) is 2.96. The third kappa shape index (κ3) is 2.35. The van der Waals surface area contributed by atoms with Crippen LogP contribution in [0.1, 0.15) is 19.0 Å². The van der Waals surface area contributed by atoms with E-state index < -0.39 is 0 Å². The fourth-order valence-corrected chi connectivity index (χ4v) is 1.02. The van der Waals surface area contributed by atoms with Gasteiger partial charge in [-0.2, -0.15) is 5.10 Å². The minimum atomic E-state index is 0.282. The average Bonchev–Trinajstić information content (AvgIpc) is 2.31. The Hall–Kier alpha value is -0.830. The van der Waals surface area contributed by atoms with Crippen LogP contribution in [0.2, 0.25) is 0 Å². The number of aryl methyl sites for hydroxylation is 2. The number of rotatable bonds is 3. The SMILES string of the molecule is C[C@@H](N)CCc1ccnn1C. The van der Waals surface area contributed by atoms with Crippen molar-refractivity contribution in [3.63, 3.8) is 0 Å². The molecule has 2 N–H and O–H groups in total. The molecule has 0 aliphatic rings. The number of aromatic nitrogens is 2. The maximum absolute atomic E-state index is 5.63. The summed E-state index contributed by atoms with van der Waals surface area (Å²) in [5.74, 6) is 0. The number of nitrogens with zero attached hydrogens (tertiary/aromatic N) is 2. The predicted octanol–water partition coefficient (Wildman–Crippen LogP) is 0.700. The molecule has 0 fully saturated rings. The van der Waals surface area contributed by atoms with E-state index in [-0.39, 0.29) is 6.04 Å². The molecule has 62 valence electrons. The van der Waals surface area contributed by atoms with Gasteiger partial charge in [-0.25, -0.2) is 0 Å². The van der Waals surface area contributed by atoms with Gasteiger partial charge in [0.1, 0.15) is 0 Å². The molecule has 0 spiro atoms. The molecule has 0 unspecified atom stereocenters. The summed E-state index contributed by atoms with van der Waals surface area (Å²) >= 11 is 0. The van der Waals surface area contributed by atoms with Gasteiger partial charge in [-0.15, -0.1) is 0 Å². The molecular formula is C8H15N3. The molecule has 0 bridgehead atoms. The van der Waals surface area contributed by atoms with Gasteiger partial charge in [-0.05, 0) is 25.8 Å². The van der Waals surface area contributed by atoms with E-state index in [1.807, 2.05) is 30.9 Å². The zero-order chi connectivity index (χ0) is 8.27. The van der Waals surface area contributed by atoms with Gasteiger partial charge in [0, 0.05) is 25.0 Å². The summed E-state index contributed by atoms with van der Waals surface area (Å²) in [6.07, 6.45) is 3.87. The van der Waals surface area contributed by atoms with Crippen LogP contribution in [0.5, 0.6) is 0 Å². The van der Waals surface area contributed by atoms with Gasteiger partial charge >= 0.3 is 0 Å². The smallest absolute Gasteiger partial charge is 0.0492 e. The first kappa shape index (κ1) is 8.27. The molecule has 0 radical (unpaired) electrons. The van der Waals surface area contributed by atoms with Crippen LogP contribution >= 0.6 is 0 Å². The minimum absolute atomic E-state index is 0.282. The van der Waals surface area contributed by atoms with Crippen LogP contribution < -0.4 is 5.73 Å². The van der Waals surface area contributed by atoms with Crippen LogP contribution in [0, 0.1) is 0 Å². The highest BCUT2D eigenvalue weighted by atomic mass is 15.2. The van der Waals surface area contributed by atoms with Crippen molar-refractivity contribution in [1.82, 2.24) is 9.78 Å². The Labute approximate surface area is 67.2 Å². The number of hydrogen-bond donors (Lipinski definition) is 1. The quantitative estimate of drug-likeness (QED) is 0.694. The van der Waals surface area contributed by atoms with Crippen LogP contribution in [0.15, 0.2) is 12.3 Å². The van der Waals surface area contributed by atoms with E-state index in [2.05, 4.69) is 5.10 Å². The Bertz CT molecular complexity index is 215. The molecule has 0 aliphatic carbocycles. The Balaban J connectivity index is 2.44. The van der Waals surface area contributed by atoms with Gasteiger partial charge in [-0.3, -0.25) is 4.68 Å². The molecule has 1 aromatic rings. The standard InChI is InChI=1S/C8H15N3/c1-7(9)3-4-8-5-6-10-11(8)2/h5-7H,3-4,9H2,1-2H3/t7-/m1/s1. The van der Waals surface area contributed by atoms with Crippen LogP contribution in [-0.2, 0) is 13.5 Å². The molecule has 0 aliphatic heterocycles. The molecule has 0 saturated carbocycles. The lowest BCUT2D eigenvalue weighted by Gasteiger charge is -2.04. The van der Waals surface area contributed by atoms with Crippen LogP contribution in [0.3, 0.4) is 0 Å². The average molecular weight is 153 g/mol. The summed E-state index contributed by atoms with van der Waals surface area (Å²) in [5, 5.41) is 4.07. The zero-order valence-corrected chi connectivity index (χ0v) is 7.12. The Kier molecular flexibility index (Phi) is 2.65. The lowest BCUT2D eigenvalue weighted by molar-refractivity contribution is 0.624. The largest absolute Gasteiger partial charge is 0.328 e. The van der Waals surface area contributed by atoms with Crippen LogP contribution in [-0.4, -0.2) is 15.8 Å². The maximum Gasteiger partial charge on any atom is 0.0492 e. The fraction of sp³-hybridized carbons (Fsp3) is 0.625. The van der Waals surface area contributed by atoms with E-state index in [4.69, 9.17) is 5.73 Å². The highest BCUT2D eigenvalue weighted by molar-refractivity contribution is 4.99. The predicted molar refractivity (Wildman–Crippen MR) is 45.2 cm³/mol. The van der Waals surface area contributed by atoms with Gasteiger partial charge < -0.3 is 5.73 Å². The minimum Gasteiger partial charge on any atom is -0.328 e. The Morgan fingerprint density at radius 2 is 2.45 bits per heavy atom. The highest BCUT2D eigenvalue weighted by Crippen LogP contribution is 2.01. The second-order valence-corrected chi connectivity index (χ2v) is 2.96. The topological polar surface area (TPSA) is 43.8 Å². The van der Waals surface area contributed by atoms with Crippen molar-refractivity contribution < 1.29 is 0 Å². The summed E-state index contributed by atoms with van der Waals surface area (Å²) in [5.41, 5.74) is 6.88. The van der Waals surface area contributed by atoms with Gasteiger partial charge in [-0.1, -0.05) is 0 Å². The van der Waals surface area contributed by atoms with Crippen LogP contribution in [0.25, 0.3) is 0 Å². The van der Waals surface area contributed by atoms with Gasteiger partial charge in [0.25, 0.3) is 0 Å². The van der Waals surface area contributed by atoms with Crippen molar-refractivity contribution in [2.24, 2.45) is 12.8 Å². The highest BCUT2D eigenvalue weighted by Gasteiger charge is 1.99. The molecule has 1 aromatic heterocycles. The Morgan fingerprint density at radius 3 is 2.91 bits per heavy atom. The van der Waals surface area contributed by atoms with Crippen molar-refractivity contribution in [2.75, 3.05) is 0 Å². The van der Waals surface area contributed by atoms with Crippen molar-refractivity contribution >= 4 is 0 Å². The first-order chi connectivity index (χ1) is 5.20. The van der Waals surface area contributed by atoms with E-state index >= 15 is 0 Å². The van der Waals surface area contributed by atoms with E-state index in [1.165, 1.54) is 5.69 Å². The van der Waals surface area contributed by atoms with Gasteiger partial charge in [0.2, 0.25) is 0 Å². The molecule has 11 heavy (non-hydrogen) atoms.